The average molecular weight is 314 g/mol. The lowest BCUT2D eigenvalue weighted by Gasteiger charge is -2.09. The molecule has 5 heteroatoms. The molecule has 0 aromatic heterocycles. The largest absolute Gasteiger partial charge is 0.298 e. The van der Waals surface area contributed by atoms with E-state index in [2.05, 4.69) is 0 Å². The molecule has 0 radical (unpaired) electrons. The monoisotopic (exact) mass is 312 g/mol. The maximum atomic E-state index is 12.4. The molecule has 19 heavy (non-hydrogen) atoms. The minimum Gasteiger partial charge on any atom is -0.298 e. The summed E-state index contributed by atoms with van der Waals surface area (Å²) in [7, 11) is 0. The van der Waals surface area contributed by atoms with Crippen LogP contribution in [0.15, 0.2) is 36.4 Å². The molecule has 0 fully saturated rings. The molecule has 0 bridgehead atoms. The maximum absolute atomic E-state index is 12.4. The third-order valence-corrected chi connectivity index (χ3v) is 3.73. The molecule has 0 saturated carbocycles. The predicted molar refractivity (Wildman–Crippen MR) is 76.7 cm³/mol. The Morgan fingerprint density at radius 3 is 2.26 bits per heavy atom. The summed E-state index contributed by atoms with van der Waals surface area (Å²) in [6.07, 6.45) is 0.562. The Bertz CT molecular complexity index is 666. The van der Waals surface area contributed by atoms with Gasteiger partial charge in [-0.1, -0.05) is 46.9 Å². The molecule has 0 heterocycles. The minimum absolute atomic E-state index is 0.0520. The van der Waals surface area contributed by atoms with Gasteiger partial charge in [0, 0.05) is 11.1 Å². The molecule has 2 aromatic carbocycles. The lowest BCUT2D eigenvalue weighted by atomic mass is 9.99. The van der Waals surface area contributed by atoms with Crippen molar-refractivity contribution in [2.75, 3.05) is 0 Å². The highest BCUT2D eigenvalue weighted by Gasteiger charge is 2.20. The second-order valence-corrected chi connectivity index (χ2v) is 4.94. The molecule has 0 aliphatic rings. The summed E-state index contributed by atoms with van der Waals surface area (Å²) >= 11 is 17.9. The average Bonchev–Trinajstić information content (AvgIpc) is 2.41. The number of benzene rings is 2. The second kappa shape index (κ2) is 5.74. The maximum Gasteiger partial charge on any atom is 0.196 e. The first-order valence-corrected chi connectivity index (χ1v) is 6.42. The van der Waals surface area contributed by atoms with Crippen LogP contribution in [0.4, 0.5) is 0 Å². The van der Waals surface area contributed by atoms with Crippen LogP contribution in [-0.2, 0) is 0 Å². The van der Waals surface area contributed by atoms with E-state index < -0.39 is 5.78 Å². The van der Waals surface area contributed by atoms with Crippen molar-refractivity contribution in [3.8, 4) is 0 Å². The number of ketones is 1. The molecule has 96 valence electrons. The van der Waals surface area contributed by atoms with Crippen LogP contribution in [0.2, 0.25) is 15.1 Å². The van der Waals surface area contributed by atoms with Crippen molar-refractivity contribution in [1.29, 1.82) is 0 Å². The molecule has 2 rings (SSSR count). The van der Waals surface area contributed by atoms with Crippen LogP contribution in [0.3, 0.4) is 0 Å². The fraction of sp³-hybridized carbons (Fsp3) is 0. The van der Waals surface area contributed by atoms with Crippen LogP contribution >= 0.6 is 34.8 Å². The number of aldehydes is 1. The normalized spacial score (nSPS) is 10.3. The highest BCUT2D eigenvalue weighted by atomic mass is 35.5. The van der Waals surface area contributed by atoms with Crippen LogP contribution in [-0.4, -0.2) is 12.1 Å². The standard InChI is InChI=1S/C14H7Cl3O2/c15-10-4-2-1-3-9(10)14(19)12-8(7-18)5-6-11(16)13(12)17/h1-7H. The first kappa shape index (κ1) is 14.1. The Hall–Kier alpha value is -1.35. The van der Waals surface area contributed by atoms with E-state index in [1.165, 1.54) is 12.1 Å². The van der Waals surface area contributed by atoms with Crippen molar-refractivity contribution >= 4 is 46.9 Å². The van der Waals surface area contributed by atoms with Crippen molar-refractivity contribution in [2.45, 2.75) is 0 Å². The van der Waals surface area contributed by atoms with E-state index >= 15 is 0 Å². The van der Waals surface area contributed by atoms with Gasteiger partial charge in [-0.25, -0.2) is 0 Å². The lowest BCUT2D eigenvalue weighted by molar-refractivity contribution is 0.103. The minimum atomic E-state index is -0.430. The van der Waals surface area contributed by atoms with Crippen molar-refractivity contribution in [3.05, 3.63) is 68.2 Å². The van der Waals surface area contributed by atoms with E-state index in [0.717, 1.165) is 0 Å². The fourth-order valence-electron chi connectivity index (χ4n) is 1.67. The second-order valence-electron chi connectivity index (χ2n) is 3.75. The van der Waals surface area contributed by atoms with Gasteiger partial charge in [0.1, 0.15) is 0 Å². The molecule has 0 spiro atoms. The topological polar surface area (TPSA) is 34.1 Å². The van der Waals surface area contributed by atoms with Gasteiger partial charge in [-0.05, 0) is 24.3 Å². The van der Waals surface area contributed by atoms with Crippen LogP contribution in [0.25, 0.3) is 0 Å². The third kappa shape index (κ3) is 2.66. The Balaban J connectivity index is 2.65. The van der Waals surface area contributed by atoms with E-state index in [4.69, 9.17) is 34.8 Å². The summed E-state index contributed by atoms with van der Waals surface area (Å²) in [6, 6.07) is 9.46. The van der Waals surface area contributed by atoms with Gasteiger partial charge in [0.05, 0.1) is 20.6 Å². The van der Waals surface area contributed by atoms with Crippen LogP contribution in [0, 0.1) is 0 Å². The van der Waals surface area contributed by atoms with Gasteiger partial charge >= 0.3 is 0 Å². The van der Waals surface area contributed by atoms with Gasteiger partial charge in [0.25, 0.3) is 0 Å². The summed E-state index contributed by atoms with van der Waals surface area (Å²) in [4.78, 5) is 23.5. The first-order valence-electron chi connectivity index (χ1n) is 5.28. The van der Waals surface area contributed by atoms with E-state index in [9.17, 15) is 9.59 Å². The number of halogens is 3. The Morgan fingerprint density at radius 1 is 0.947 bits per heavy atom. The van der Waals surface area contributed by atoms with Crippen molar-refractivity contribution < 1.29 is 9.59 Å². The number of hydrogen-bond donors (Lipinski definition) is 0. The summed E-state index contributed by atoms with van der Waals surface area (Å²) < 4.78 is 0. The van der Waals surface area contributed by atoms with Crippen LogP contribution in [0.1, 0.15) is 26.3 Å². The number of hydrogen-bond acceptors (Lipinski definition) is 2. The quantitative estimate of drug-likeness (QED) is 0.608. The summed E-state index contributed by atoms with van der Waals surface area (Å²) in [5.74, 6) is -0.430. The van der Waals surface area contributed by atoms with Gasteiger partial charge in [0.2, 0.25) is 0 Å². The molecular weight excluding hydrogens is 307 g/mol. The SMILES string of the molecule is O=Cc1ccc(Cl)c(Cl)c1C(=O)c1ccccc1Cl. The molecular formula is C14H7Cl3O2. The zero-order chi connectivity index (χ0) is 14.0. The number of rotatable bonds is 3. The van der Waals surface area contributed by atoms with E-state index in [0.29, 0.717) is 11.3 Å². The van der Waals surface area contributed by atoms with E-state index in [1.807, 2.05) is 0 Å². The van der Waals surface area contributed by atoms with Crippen molar-refractivity contribution in [3.63, 3.8) is 0 Å². The molecule has 2 aromatic rings. The molecule has 0 atom stereocenters. The molecule has 0 saturated heterocycles. The zero-order valence-electron chi connectivity index (χ0n) is 9.49. The van der Waals surface area contributed by atoms with Crippen molar-refractivity contribution in [1.82, 2.24) is 0 Å². The fourth-order valence-corrected chi connectivity index (χ4v) is 2.31. The van der Waals surface area contributed by atoms with Gasteiger partial charge < -0.3 is 0 Å². The summed E-state index contributed by atoms with van der Waals surface area (Å²) in [6.45, 7) is 0. The molecule has 0 aliphatic heterocycles. The van der Waals surface area contributed by atoms with Gasteiger partial charge in [-0.15, -0.1) is 0 Å². The summed E-state index contributed by atoms with van der Waals surface area (Å²) in [5, 5.41) is 0.555. The lowest BCUT2D eigenvalue weighted by Crippen LogP contribution is -2.07. The highest BCUT2D eigenvalue weighted by molar-refractivity contribution is 6.45. The zero-order valence-corrected chi connectivity index (χ0v) is 11.8. The van der Waals surface area contributed by atoms with Crippen LogP contribution in [0.5, 0.6) is 0 Å². The van der Waals surface area contributed by atoms with E-state index in [1.54, 1.807) is 24.3 Å². The van der Waals surface area contributed by atoms with Gasteiger partial charge in [0.15, 0.2) is 12.1 Å². The Labute approximate surface area is 124 Å². The number of carbonyl (C=O) groups excluding carboxylic acids is 2. The van der Waals surface area contributed by atoms with Crippen molar-refractivity contribution in [2.24, 2.45) is 0 Å². The Kier molecular flexibility index (Phi) is 4.25. The van der Waals surface area contributed by atoms with E-state index in [-0.39, 0.29) is 26.7 Å². The predicted octanol–water partition coefficient (Wildman–Crippen LogP) is 4.69. The number of carbonyl (C=O) groups is 2. The molecule has 0 N–H and O–H groups in total. The highest BCUT2D eigenvalue weighted by Crippen LogP contribution is 2.31. The molecule has 0 aliphatic carbocycles. The van der Waals surface area contributed by atoms with Crippen LogP contribution < -0.4 is 0 Å². The first-order chi connectivity index (χ1) is 9.06. The molecule has 0 unspecified atom stereocenters. The third-order valence-electron chi connectivity index (χ3n) is 2.60. The molecule has 2 nitrogen and oxygen atoms in total. The van der Waals surface area contributed by atoms with Gasteiger partial charge in [-0.2, -0.15) is 0 Å². The Morgan fingerprint density at radius 2 is 1.63 bits per heavy atom. The van der Waals surface area contributed by atoms with Gasteiger partial charge in [-0.3, -0.25) is 9.59 Å². The summed E-state index contributed by atoms with van der Waals surface area (Å²) in [5.41, 5.74) is 0.521. The molecule has 0 amide bonds. The smallest absolute Gasteiger partial charge is 0.196 e.